The van der Waals surface area contributed by atoms with Crippen molar-refractivity contribution in [2.24, 2.45) is 0 Å². The first kappa shape index (κ1) is 32.3. The summed E-state index contributed by atoms with van der Waals surface area (Å²) in [7, 11) is 0. The van der Waals surface area contributed by atoms with Crippen LogP contribution in [-0.2, 0) is 25.5 Å². The van der Waals surface area contributed by atoms with Gasteiger partial charge in [0.25, 0.3) is 0 Å². The summed E-state index contributed by atoms with van der Waals surface area (Å²) < 4.78 is 0. The minimum absolute atomic E-state index is 0. The largest absolute Gasteiger partial charge is 0.305 e. The molecule has 7 aromatic carbocycles. The number of rotatable bonds is 2. The number of fused-ring (bicyclic) bond motifs is 8. The van der Waals surface area contributed by atoms with Gasteiger partial charge in [0, 0.05) is 32.5 Å². The van der Waals surface area contributed by atoms with Crippen molar-refractivity contribution < 1.29 is 20.1 Å². The van der Waals surface area contributed by atoms with Gasteiger partial charge >= 0.3 is 0 Å². The summed E-state index contributed by atoms with van der Waals surface area (Å²) in [5.74, 6) is 0. The van der Waals surface area contributed by atoms with E-state index < -0.39 is 0 Å². The van der Waals surface area contributed by atoms with E-state index >= 15 is 0 Å². The third-order valence-electron chi connectivity index (χ3n) is 9.21. The van der Waals surface area contributed by atoms with Gasteiger partial charge in [0.05, 0.1) is 0 Å². The molecule has 0 N–H and O–H groups in total. The molecule has 239 valence electrons. The summed E-state index contributed by atoms with van der Waals surface area (Å²) in [4.78, 5) is 9.05. The maximum absolute atomic E-state index is 4.83. The first-order chi connectivity index (χ1) is 23.4. The first-order valence-corrected chi connectivity index (χ1v) is 16.4. The Morgan fingerprint density at radius 1 is 0.469 bits per heavy atom. The molecule has 0 spiro atoms. The van der Waals surface area contributed by atoms with Gasteiger partial charge in [0.1, 0.15) is 0 Å². The molecule has 0 aliphatic heterocycles. The Bertz CT molecular complexity index is 2550. The van der Waals surface area contributed by atoms with Crippen molar-refractivity contribution in [2.45, 2.75) is 26.2 Å². The Balaban J connectivity index is 0.000000246. The standard InChI is InChI=1S/C35H26N.C11H8N.Ir/c1-35(2,3)26-13-10-23-8-9-24-20-25(12-14-28(24)33(23)21-26)34-32-17-16-29-27-7-5-4-6-22(27)11-15-30(29)31(32)18-19-36-34;1-2-6-10(7-3-1)11-8-4-5-9-12-11;/h4-11,13-21H,1-3H3;1-6,8-9H;/q2*-1;. The third kappa shape index (κ3) is 6.24. The molecule has 2 nitrogen and oxygen atoms in total. The van der Waals surface area contributed by atoms with E-state index in [2.05, 4.69) is 135 Å². The number of hydrogen-bond acceptors (Lipinski definition) is 2. The van der Waals surface area contributed by atoms with E-state index in [1.54, 1.807) is 6.20 Å². The fraction of sp³-hybridized carbons (Fsp3) is 0.0870. The molecule has 0 unspecified atom stereocenters. The van der Waals surface area contributed by atoms with Gasteiger partial charge in [-0.1, -0.05) is 123 Å². The van der Waals surface area contributed by atoms with Crippen LogP contribution >= 0.6 is 0 Å². The second-order valence-electron chi connectivity index (χ2n) is 13.3. The topological polar surface area (TPSA) is 25.8 Å². The number of benzene rings is 7. The predicted molar refractivity (Wildman–Crippen MR) is 203 cm³/mol. The Kier molecular flexibility index (Phi) is 8.82. The molecule has 9 rings (SSSR count). The zero-order valence-corrected chi connectivity index (χ0v) is 30.1. The number of hydrogen-bond donors (Lipinski definition) is 0. The van der Waals surface area contributed by atoms with Gasteiger partial charge in [-0.25, -0.2) is 0 Å². The number of aromatic nitrogens is 2. The van der Waals surface area contributed by atoms with E-state index in [4.69, 9.17) is 4.98 Å². The summed E-state index contributed by atoms with van der Waals surface area (Å²) >= 11 is 0. The smallest absolute Gasteiger partial charge is 0.0167 e. The van der Waals surface area contributed by atoms with Crippen LogP contribution in [0.5, 0.6) is 0 Å². The number of nitrogens with zero attached hydrogens (tertiary/aromatic N) is 2. The SMILES string of the molecule is CC(C)(C)c1ccc2ccc3cc(-c4nccc5c4ccc4c6ccccc6ccc54)[c-]cc3c2c1.[Ir].[c-]1ccccc1-c1ccccn1. The van der Waals surface area contributed by atoms with E-state index in [1.165, 1.54) is 54.0 Å². The summed E-state index contributed by atoms with van der Waals surface area (Å²) in [6.45, 7) is 6.80. The minimum atomic E-state index is 0. The summed E-state index contributed by atoms with van der Waals surface area (Å²) in [6, 6.07) is 55.7. The van der Waals surface area contributed by atoms with Crippen LogP contribution in [0.2, 0.25) is 0 Å². The number of pyridine rings is 2. The quantitative estimate of drug-likeness (QED) is 0.128. The molecule has 2 heterocycles. The Hall–Kier alpha value is -5.21. The van der Waals surface area contributed by atoms with Crippen LogP contribution < -0.4 is 0 Å². The maximum Gasteiger partial charge on any atom is 0.0167 e. The molecule has 0 aliphatic rings. The monoisotopic (exact) mass is 807 g/mol. The summed E-state index contributed by atoms with van der Waals surface area (Å²) in [5.41, 5.74) is 5.48. The van der Waals surface area contributed by atoms with Crippen LogP contribution in [0.3, 0.4) is 0 Å². The minimum Gasteiger partial charge on any atom is -0.305 e. The second kappa shape index (κ2) is 13.4. The molecule has 0 amide bonds. The molecule has 0 bridgehead atoms. The van der Waals surface area contributed by atoms with Gasteiger partial charge in [-0.2, -0.15) is 0 Å². The van der Waals surface area contributed by atoms with E-state index in [9.17, 15) is 0 Å². The Morgan fingerprint density at radius 3 is 1.98 bits per heavy atom. The van der Waals surface area contributed by atoms with Crippen LogP contribution in [0, 0.1) is 12.1 Å². The van der Waals surface area contributed by atoms with Crippen molar-refractivity contribution in [1.29, 1.82) is 0 Å². The molecule has 1 radical (unpaired) electrons. The van der Waals surface area contributed by atoms with Crippen molar-refractivity contribution in [2.75, 3.05) is 0 Å². The van der Waals surface area contributed by atoms with Crippen molar-refractivity contribution in [3.63, 3.8) is 0 Å². The molecule has 49 heavy (non-hydrogen) atoms. The van der Waals surface area contributed by atoms with Gasteiger partial charge in [-0.05, 0) is 72.2 Å². The molecule has 0 aliphatic carbocycles. The van der Waals surface area contributed by atoms with Gasteiger partial charge in [0.2, 0.25) is 0 Å². The molecule has 0 saturated heterocycles. The van der Waals surface area contributed by atoms with Gasteiger partial charge < -0.3 is 9.97 Å². The Labute approximate surface area is 300 Å². The summed E-state index contributed by atoms with van der Waals surface area (Å²) in [5, 5.41) is 12.5. The Morgan fingerprint density at radius 2 is 1.16 bits per heavy atom. The van der Waals surface area contributed by atoms with Crippen molar-refractivity contribution in [3.05, 3.63) is 170 Å². The van der Waals surface area contributed by atoms with E-state index in [0.717, 1.165) is 27.9 Å². The molecular formula is C46H34IrN2-2. The fourth-order valence-electron chi connectivity index (χ4n) is 6.64. The van der Waals surface area contributed by atoms with Crippen LogP contribution in [0.4, 0.5) is 0 Å². The van der Waals surface area contributed by atoms with E-state index in [0.29, 0.717) is 0 Å². The van der Waals surface area contributed by atoms with E-state index in [1.807, 2.05) is 48.7 Å². The normalized spacial score (nSPS) is 11.4. The molecule has 2 aromatic heterocycles. The fourth-order valence-corrected chi connectivity index (χ4v) is 6.64. The first-order valence-electron chi connectivity index (χ1n) is 16.4. The van der Waals surface area contributed by atoms with Crippen LogP contribution in [-0.4, -0.2) is 9.97 Å². The van der Waals surface area contributed by atoms with Crippen molar-refractivity contribution >= 4 is 53.9 Å². The van der Waals surface area contributed by atoms with Crippen LogP contribution in [0.1, 0.15) is 26.3 Å². The van der Waals surface area contributed by atoms with Gasteiger partial charge in [0.15, 0.2) is 0 Å². The summed E-state index contributed by atoms with van der Waals surface area (Å²) in [6.07, 6.45) is 3.72. The van der Waals surface area contributed by atoms with Crippen LogP contribution in [0.25, 0.3) is 76.4 Å². The molecule has 3 heteroatoms. The molecule has 0 fully saturated rings. The van der Waals surface area contributed by atoms with Crippen molar-refractivity contribution in [1.82, 2.24) is 9.97 Å². The average molecular weight is 807 g/mol. The molecule has 0 saturated carbocycles. The maximum atomic E-state index is 4.83. The van der Waals surface area contributed by atoms with Gasteiger partial charge in [-0.3, -0.25) is 0 Å². The zero-order chi connectivity index (χ0) is 32.7. The van der Waals surface area contributed by atoms with Crippen molar-refractivity contribution in [3.8, 4) is 22.5 Å². The van der Waals surface area contributed by atoms with Crippen LogP contribution in [0.15, 0.2) is 152 Å². The average Bonchev–Trinajstić information content (AvgIpc) is 3.14. The van der Waals surface area contributed by atoms with E-state index in [-0.39, 0.29) is 25.5 Å². The molecular weight excluding hydrogens is 773 g/mol. The molecule has 0 atom stereocenters. The van der Waals surface area contributed by atoms with Gasteiger partial charge in [-0.15, -0.1) is 65.0 Å². The predicted octanol–water partition coefficient (Wildman–Crippen LogP) is 12.2. The third-order valence-corrected chi connectivity index (χ3v) is 9.21. The molecule has 9 aromatic rings. The second-order valence-corrected chi connectivity index (χ2v) is 13.3. The zero-order valence-electron chi connectivity index (χ0n) is 27.7.